The first kappa shape index (κ1) is 62.3. The van der Waals surface area contributed by atoms with E-state index >= 15 is 0 Å². The number of esters is 1. The summed E-state index contributed by atoms with van der Waals surface area (Å²) in [6.07, 6.45) is 10.4. The average molecular weight is 1050 g/mol. The number of rotatable bonds is 12. The van der Waals surface area contributed by atoms with Crippen LogP contribution in [0.5, 0.6) is 0 Å². The van der Waals surface area contributed by atoms with Gasteiger partial charge in [-0.15, -0.1) is 0 Å². The first-order valence-corrected chi connectivity index (χ1v) is 28.1. The molecule has 414 valence electrons. The third-order valence-corrected chi connectivity index (χ3v) is 17.0. The number of cyclic esters (lactones) is 1. The van der Waals surface area contributed by atoms with E-state index in [0.717, 1.165) is 5.57 Å². The Labute approximate surface area is 434 Å². The van der Waals surface area contributed by atoms with Gasteiger partial charge < -0.3 is 38.8 Å². The number of phosphoric acid groups is 1. The normalized spacial score (nSPS) is 35.2. The Morgan fingerprint density at radius 2 is 1.55 bits per heavy atom. The number of nitrogens with zero attached hydrogens (tertiary/aromatic N) is 1. The van der Waals surface area contributed by atoms with Gasteiger partial charge in [0, 0.05) is 58.5 Å². The second-order valence-electron chi connectivity index (χ2n) is 21.0. The van der Waals surface area contributed by atoms with E-state index in [-0.39, 0.29) is 61.6 Å². The molecule has 3 fully saturated rings. The highest BCUT2D eigenvalue weighted by Crippen LogP contribution is 2.53. The highest BCUT2D eigenvalue weighted by Gasteiger charge is 2.53. The molecule has 0 aromatic rings. The molecule has 3 aliphatic heterocycles. The molecule has 15 atom stereocenters. The Bertz CT molecular complexity index is 2010. The smallest absolute Gasteiger partial charge is 0.460 e. The number of ether oxygens (including phenoxy) is 5. The monoisotopic (exact) mass is 1050 g/mol. The molecule has 2 bridgehead atoms. The molecule has 5 unspecified atom stereocenters. The summed E-state index contributed by atoms with van der Waals surface area (Å²) in [5, 5.41) is 23.6. The van der Waals surface area contributed by atoms with Crippen LogP contribution in [0.3, 0.4) is 0 Å². The molecule has 0 spiro atoms. The molecule has 3 heterocycles. The summed E-state index contributed by atoms with van der Waals surface area (Å²) in [4.78, 5) is 72.5. The number of fused-ring (bicyclic) bond motifs is 3. The summed E-state index contributed by atoms with van der Waals surface area (Å²) in [5.41, 5.74) is 1.15. The molecular weight excluding hydrogens is 962 g/mol. The number of piperidine rings is 1. The van der Waals surface area contributed by atoms with E-state index in [9.17, 15) is 38.8 Å². The van der Waals surface area contributed by atoms with Gasteiger partial charge in [0.25, 0.3) is 11.7 Å². The zero-order valence-electron chi connectivity index (χ0n) is 45.7. The van der Waals surface area contributed by atoms with Gasteiger partial charge in [0.05, 0.1) is 43.7 Å². The predicted molar refractivity (Wildman–Crippen MR) is 275 cm³/mol. The fourth-order valence-electron chi connectivity index (χ4n) is 10.8. The van der Waals surface area contributed by atoms with Gasteiger partial charge in [-0.05, 0) is 121 Å². The molecule has 4 aliphatic rings. The molecule has 73 heavy (non-hydrogen) atoms. The molecule has 0 aromatic carbocycles. The van der Waals surface area contributed by atoms with Crippen molar-refractivity contribution >= 4 is 37.0 Å². The topological polar surface area (TPSA) is 220 Å². The molecule has 0 aromatic heterocycles. The molecule has 17 nitrogen and oxygen atoms in total. The Balaban J connectivity index is 1.70. The SMILES string of the molecule is CCOP(=O)(OCC)O[C@@H]1CCC(C[C@@H](C)C2CC(=O)C(C)=CC(C)[C@@H](O)[C@@H](OC)C(=O)[C@H](C)C[C@H](C)C=CC=CC=C(C)[C@@H](OC)C[C@@H]3CC[C@@H](C)C(O)(O3)C(=O)C(=O)N3CCCCC3C(=O)O2)C[C@H]1OC. The number of Topliss-reactive ketones (excluding diaryl/α,β-unsaturated/α-hetero) is 3. The fraction of sp³-hybridized carbons (Fsp3) is 0.764. The largest absolute Gasteiger partial charge is 0.475 e. The number of aliphatic hydroxyl groups is 2. The second kappa shape index (κ2) is 29.3. The minimum absolute atomic E-state index is 0.00174. The summed E-state index contributed by atoms with van der Waals surface area (Å²) in [7, 11) is 0.655. The highest BCUT2D eigenvalue weighted by molar-refractivity contribution is 7.48. The maximum atomic E-state index is 14.6. The molecule has 18 heteroatoms. The quantitative estimate of drug-likeness (QED) is 0.106. The summed E-state index contributed by atoms with van der Waals surface area (Å²) in [6.45, 7) is 16.3. The summed E-state index contributed by atoms with van der Waals surface area (Å²) in [6, 6.07) is -1.18. The number of amides is 1. The van der Waals surface area contributed by atoms with Crippen molar-refractivity contribution in [2.75, 3.05) is 41.1 Å². The number of ketones is 3. The van der Waals surface area contributed by atoms with Crippen molar-refractivity contribution in [2.45, 2.75) is 194 Å². The van der Waals surface area contributed by atoms with Gasteiger partial charge in [-0.3, -0.25) is 32.7 Å². The van der Waals surface area contributed by atoms with E-state index in [2.05, 4.69) is 0 Å². The summed E-state index contributed by atoms with van der Waals surface area (Å²) < 4.78 is 59.9. The van der Waals surface area contributed by atoms with Crippen LogP contribution in [0.2, 0.25) is 0 Å². The Morgan fingerprint density at radius 3 is 2.19 bits per heavy atom. The molecule has 2 saturated heterocycles. The van der Waals surface area contributed by atoms with E-state index in [4.69, 9.17) is 37.3 Å². The summed E-state index contributed by atoms with van der Waals surface area (Å²) >= 11 is 0. The van der Waals surface area contributed by atoms with Gasteiger partial charge in [0.1, 0.15) is 18.2 Å². The van der Waals surface area contributed by atoms with Gasteiger partial charge in [0.2, 0.25) is 5.79 Å². The number of methoxy groups -OCH3 is 3. The van der Waals surface area contributed by atoms with Crippen molar-refractivity contribution in [2.24, 2.45) is 35.5 Å². The number of hydrogen-bond donors (Lipinski definition) is 2. The zero-order valence-corrected chi connectivity index (χ0v) is 46.6. The minimum atomic E-state index is -3.84. The number of allylic oxidation sites excluding steroid dienone is 6. The third-order valence-electron chi connectivity index (χ3n) is 15.3. The Kier molecular flexibility index (Phi) is 25.0. The van der Waals surface area contributed by atoms with E-state index in [1.54, 1.807) is 54.9 Å². The lowest BCUT2D eigenvalue weighted by atomic mass is 9.78. The van der Waals surface area contributed by atoms with Crippen molar-refractivity contribution in [1.29, 1.82) is 0 Å². The lowest BCUT2D eigenvalue weighted by molar-refractivity contribution is -0.265. The van der Waals surface area contributed by atoms with Crippen LogP contribution in [0.15, 0.2) is 47.6 Å². The molecule has 1 aliphatic carbocycles. The number of carbonyl (C=O) groups excluding carboxylic acids is 5. The third kappa shape index (κ3) is 17.1. The molecule has 0 radical (unpaired) electrons. The maximum absolute atomic E-state index is 14.6. The van der Waals surface area contributed by atoms with E-state index in [1.807, 2.05) is 58.1 Å². The van der Waals surface area contributed by atoms with Gasteiger partial charge in [-0.25, -0.2) is 9.36 Å². The van der Waals surface area contributed by atoms with Crippen molar-refractivity contribution in [3.8, 4) is 0 Å². The van der Waals surface area contributed by atoms with Crippen molar-refractivity contribution in [3.05, 3.63) is 47.6 Å². The molecule has 2 N–H and O–H groups in total. The van der Waals surface area contributed by atoms with Crippen LogP contribution in [-0.2, 0) is 65.8 Å². The van der Waals surface area contributed by atoms with Gasteiger partial charge >= 0.3 is 13.8 Å². The standard InChI is InChI=1S/C55H88NO16P/c1-13-68-73(64,69-14-2)72-45-26-24-41(31-48(45)66-11)30-37(6)47-33-44(57)36(5)29-39(8)50(59)51(67-12)49(58)38(7)28-34(3)20-16-15-17-21-35(4)46(65-10)32-42-25-23-40(9)55(63,71-42)52(60)53(61)56-27-19-18-22-43(56)54(62)70-47/h15-17,20-21,29,34,37-43,45-48,50-51,59,63H,13-14,18-19,22-28,30-33H2,1-12H3/t34-,37-,38-,39?,40-,41?,42+,43?,45-,46+,47?,48-,50-,51+,55?/m1/s1. The number of carbonyl (C=O) groups is 5. The van der Waals surface area contributed by atoms with Gasteiger partial charge in [-0.2, -0.15) is 0 Å². The molecule has 1 amide bonds. The van der Waals surface area contributed by atoms with Crippen LogP contribution in [0, 0.1) is 35.5 Å². The van der Waals surface area contributed by atoms with Crippen LogP contribution in [0.25, 0.3) is 0 Å². The first-order chi connectivity index (χ1) is 34.6. The van der Waals surface area contributed by atoms with Crippen LogP contribution >= 0.6 is 7.82 Å². The van der Waals surface area contributed by atoms with E-state index in [1.165, 1.54) is 12.0 Å². The van der Waals surface area contributed by atoms with Crippen molar-refractivity contribution in [1.82, 2.24) is 4.90 Å². The highest BCUT2D eigenvalue weighted by atomic mass is 31.2. The molecule has 1 saturated carbocycles. The van der Waals surface area contributed by atoms with E-state index < -0.39 is 104 Å². The summed E-state index contributed by atoms with van der Waals surface area (Å²) in [5.74, 6) is -8.37. The fourth-order valence-corrected chi connectivity index (χ4v) is 12.2. The van der Waals surface area contributed by atoms with Crippen molar-refractivity contribution in [3.63, 3.8) is 0 Å². The lowest BCUT2D eigenvalue weighted by Crippen LogP contribution is -2.61. The molecule has 4 rings (SSSR count). The number of hydrogen-bond acceptors (Lipinski definition) is 16. The van der Waals surface area contributed by atoms with Gasteiger partial charge in [0.15, 0.2) is 11.6 Å². The number of aliphatic hydroxyl groups excluding tert-OH is 1. The van der Waals surface area contributed by atoms with Crippen molar-refractivity contribution < 1.29 is 76.0 Å². The second-order valence-corrected chi connectivity index (χ2v) is 22.6. The van der Waals surface area contributed by atoms with Crippen LogP contribution in [0.1, 0.15) is 139 Å². The van der Waals surface area contributed by atoms with E-state index in [0.29, 0.717) is 64.2 Å². The maximum Gasteiger partial charge on any atom is 0.475 e. The number of phosphoric ester groups is 1. The van der Waals surface area contributed by atoms with Crippen LogP contribution < -0.4 is 0 Å². The van der Waals surface area contributed by atoms with Crippen LogP contribution in [0.4, 0.5) is 0 Å². The first-order valence-electron chi connectivity index (χ1n) is 26.6. The average Bonchev–Trinajstić information content (AvgIpc) is 3.35. The zero-order chi connectivity index (χ0) is 54.2. The minimum Gasteiger partial charge on any atom is -0.460 e. The Hall–Kier alpha value is -3.22. The lowest BCUT2D eigenvalue weighted by Gasteiger charge is -2.42. The van der Waals surface area contributed by atoms with Gasteiger partial charge in [-0.1, -0.05) is 71.1 Å². The Morgan fingerprint density at radius 1 is 0.849 bits per heavy atom. The van der Waals surface area contributed by atoms with Crippen LogP contribution in [-0.4, -0.2) is 140 Å². The molecular formula is C55H88NO16P. The predicted octanol–water partition coefficient (Wildman–Crippen LogP) is 8.39.